The van der Waals surface area contributed by atoms with Crippen LogP contribution in [0.1, 0.15) is 26.3 Å². The van der Waals surface area contributed by atoms with Crippen molar-refractivity contribution < 1.29 is 0 Å². The molecule has 0 N–H and O–H groups in total. The predicted molar refractivity (Wildman–Crippen MR) is 65.0 cm³/mol. The fourth-order valence-corrected chi connectivity index (χ4v) is 1.27. The smallest absolute Gasteiger partial charge is 0.0598 e. The van der Waals surface area contributed by atoms with Crippen LogP contribution in [0.15, 0.2) is 24.3 Å². The molecule has 0 saturated heterocycles. The van der Waals surface area contributed by atoms with Crippen LogP contribution in [0.25, 0.3) is 6.08 Å². The Balaban J connectivity index is 2.89. The summed E-state index contributed by atoms with van der Waals surface area (Å²) in [6, 6.07) is 5.63. The van der Waals surface area contributed by atoms with E-state index in [0.717, 1.165) is 5.56 Å². The van der Waals surface area contributed by atoms with Gasteiger partial charge >= 0.3 is 0 Å². The Hall–Kier alpha value is -0.460. The Morgan fingerprint density at radius 3 is 2.21 bits per heavy atom. The Morgan fingerprint density at radius 1 is 1.07 bits per heavy atom. The van der Waals surface area contributed by atoms with Crippen molar-refractivity contribution in [1.29, 1.82) is 0 Å². The van der Waals surface area contributed by atoms with Gasteiger partial charge in [0.25, 0.3) is 0 Å². The van der Waals surface area contributed by atoms with E-state index in [9.17, 15) is 0 Å². The Kier molecular flexibility index (Phi) is 3.63. The van der Waals surface area contributed by atoms with Gasteiger partial charge in [0.05, 0.1) is 10.0 Å². The van der Waals surface area contributed by atoms with Gasteiger partial charge in [0, 0.05) is 0 Å². The van der Waals surface area contributed by atoms with Crippen molar-refractivity contribution in [3.8, 4) is 0 Å². The number of hydrogen-bond acceptors (Lipinski definition) is 0. The van der Waals surface area contributed by atoms with E-state index in [-0.39, 0.29) is 5.41 Å². The summed E-state index contributed by atoms with van der Waals surface area (Å²) in [5.41, 5.74) is 1.26. The second kappa shape index (κ2) is 4.37. The van der Waals surface area contributed by atoms with Crippen molar-refractivity contribution in [2.75, 3.05) is 0 Å². The van der Waals surface area contributed by atoms with Gasteiger partial charge in [-0.3, -0.25) is 0 Å². The highest BCUT2D eigenvalue weighted by Crippen LogP contribution is 2.24. The number of halogens is 2. The van der Waals surface area contributed by atoms with Crippen LogP contribution in [0.5, 0.6) is 0 Å². The number of allylic oxidation sites excluding steroid dienone is 1. The van der Waals surface area contributed by atoms with Crippen LogP contribution in [0.4, 0.5) is 0 Å². The first-order valence-electron chi connectivity index (χ1n) is 4.53. The molecule has 0 aliphatic rings. The summed E-state index contributed by atoms with van der Waals surface area (Å²) in [6.45, 7) is 6.46. The third-order valence-electron chi connectivity index (χ3n) is 1.72. The number of rotatable bonds is 1. The minimum absolute atomic E-state index is 0.187. The van der Waals surface area contributed by atoms with Gasteiger partial charge in [-0.15, -0.1) is 0 Å². The summed E-state index contributed by atoms with van der Waals surface area (Å²) in [7, 11) is 0. The normalized spacial score (nSPS) is 12.4. The van der Waals surface area contributed by atoms with Crippen molar-refractivity contribution >= 4 is 29.3 Å². The van der Waals surface area contributed by atoms with Crippen LogP contribution in [-0.4, -0.2) is 0 Å². The van der Waals surface area contributed by atoms with Crippen molar-refractivity contribution in [2.45, 2.75) is 20.8 Å². The second-order valence-electron chi connectivity index (χ2n) is 4.37. The molecule has 76 valence electrons. The van der Waals surface area contributed by atoms with Crippen LogP contribution < -0.4 is 0 Å². The highest BCUT2D eigenvalue weighted by atomic mass is 35.5. The minimum atomic E-state index is 0.187. The molecule has 0 nitrogen and oxygen atoms in total. The van der Waals surface area contributed by atoms with E-state index in [2.05, 4.69) is 32.9 Å². The average molecular weight is 229 g/mol. The first-order chi connectivity index (χ1) is 6.38. The molecule has 2 heteroatoms. The average Bonchev–Trinajstić information content (AvgIpc) is 2.06. The van der Waals surface area contributed by atoms with Crippen molar-refractivity contribution in [1.82, 2.24) is 0 Å². The summed E-state index contributed by atoms with van der Waals surface area (Å²) < 4.78 is 0. The lowest BCUT2D eigenvalue weighted by molar-refractivity contribution is 0.547. The van der Waals surface area contributed by atoms with Crippen LogP contribution in [-0.2, 0) is 0 Å². The number of hydrogen-bond donors (Lipinski definition) is 0. The zero-order chi connectivity index (χ0) is 10.8. The zero-order valence-electron chi connectivity index (χ0n) is 8.64. The molecule has 0 fully saturated rings. The lowest BCUT2D eigenvalue weighted by Crippen LogP contribution is -1.97. The van der Waals surface area contributed by atoms with E-state index < -0.39 is 0 Å². The molecule has 0 atom stereocenters. The van der Waals surface area contributed by atoms with E-state index >= 15 is 0 Å². The first-order valence-corrected chi connectivity index (χ1v) is 5.28. The molecule has 0 saturated carbocycles. The topological polar surface area (TPSA) is 0 Å². The van der Waals surface area contributed by atoms with Gasteiger partial charge < -0.3 is 0 Å². The molecule has 1 rings (SSSR count). The Labute approximate surface area is 95.5 Å². The largest absolute Gasteiger partial charge is 0.0827 e. The molecule has 1 aromatic carbocycles. The highest BCUT2D eigenvalue weighted by Gasteiger charge is 2.03. The number of benzene rings is 1. The van der Waals surface area contributed by atoms with Gasteiger partial charge in [-0.25, -0.2) is 0 Å². The summed E-state index contributed by atoms with van der Waals surface area (Å²) in [4.78, 5) is 0. The van der Waals surface area contributed by atoms with Gasteiger partial charge in [0.2, 0.25) is 0 Å². The van der Waals surface area contributed by atoms with Gasteiger partial charge in [-0.1, -0.05) is 62.2 Å². The summed E-state index contributed by atoms with van der Waals surface area (Å²) in [5.74, 6) is 0. The van der Waals surface area contributed by atoms with Gasteiger partial charge in [0.15, 0.2) is 0 Å². The standard InChI is InChI=1S/C12H14Cl2/c1-12(2,3)7-6-9-4-5-10(13)11(14)8-9/h4-8H,1-3H3/b7-6+. The minimum Gasteiger partial charge on any atom is -0.0827 e. The molecule has 0 bridgehead atoms. The van der Waals surface area contributed by atoms with Crippen LogP contribution in [0.3, 0.4) is 0 Å². The second-order valence-corrected chi connectivity index (χ2v) is 5.19. The van der Waals surface area contributed by atoms with E-state index in [0.29, 0.717) is 10.0 Å². The van der Waals surface area contributed by atoms with Crippen LogP contribution in [0, 0.1) is 5.41 Å². The molecular weight excluding hydrogens is 215 g/mol. The Bertz CT molecular complexity index is 346. The Morgan fingerprint density at radius 2 is 1.71 bits per heavy atom. The van der Waals surface area contributed by atoms with E-state index in [1.165, 1.54) is 0 Å². The zero-order valence-corrected chi connectivity index (χ0v) is 10.2. The maximum absolute atomic E-state index is 5.90. The summed E-state index contributed by atoms with van der Waals surface area (Å²) in [5, 5.41) is 1.20. The highest BCUT2D eigenvalue weighted by molar-refractivity contribution is 6.42. The fraction of sp³-hybridized carbons (Fsp3) is 0.333. The quantitative estimate of drug-likeness (QED) is 0.631. The van der Waals surface area contributed by atoms with E-state index in [1.54, 1.807) is 0 Å². The predicted octanol–water partition coefficient (Wildman–Crippen LogP) is 5.05. The lowest BCUT2D eigenvalue weighted by Gasteiger charge is -2.11. The van der Waals surface area contributed by atoms with Crippen molar-refractivity contribution in [2.24, 2.45) is 5.41 Å². The fourth-order valence-electron chi connectivity index (χ4n) is 0.962. The maximum Gasteiger partial charge on any atom is 0.0598 e. The molecule has 0 aromatic heterocycles. The first kappa shape index (κ1) is 11.6. The third kappa shape index (κ3) is 3.73. The van der Waals surface area contributed by atoms with Gasteiger partial charge in [0.1, 0.15) is 0 Å². The van der Waals surface area contributed by atoms with Crippen molar-refractivity contribution in [3.05, 3.63) is 39.9 Å². The molecule has 0 spiro atoms. The van der Waals surface area contributed by atoms with Gasteiger partial charge in [-0.05, 0) is 23.1 Å². The van der Waals surface area contributed by atoms with Crippen LogP contribution >= 0.6 is 23.2 Å². The molecular formula is C12H14Cl2. The SMILES string of the molecule is CC(C)(C)/C=C/c1ccc(Cl)c(Cl)c1. The molecule has 0 amide bonds. The summed E-state index contributed by atoms with van der Waals surface area (Å²) in [6.07, 6.45) is 4.20. The lowest BCUT2D eigenvalue weighted by atomic mass is 9.95. The monoisotopic (exact) mass is 228 g/mol. The molecule has 14 heavy (non-hydrogen) atoms. The summed E-state index contributed by atoms with van der Waals surface area (Å²) >= 11 is 11.7. The van der Waals surface area contributed by atoms with E-state index in [1.807, 2.05) is 18.2 Å². The maximum atomic E-state index is 5.90. The molecule has 0 heterocycles. The molecule has 0 radical (unpaired) electrons. The molecule has 0 aliphatic carbocycles. The van der Waals surface area contributed by atoms with E-state index in [4.69, 9.17) is 23.2 Å². The van der Waals surface area contributed by atoms with Gasteiger partial charge in [-0.2, -0.15) is 0 Å². The molecule has 0 aliphatic heterocycles. The van der Waals surface area contributed by atoms with Crippen LogP contribution in [0.2, 0.25) is 10.0 Å². The van der Waals surface area contributed by atoms with Crippen molar-refractivity contribution in [3.63, 3.8) is 0 Å². The molecule has 0 unspecified atom stereocenters. The third-order valence-corrected chi connectivity index (χ3v) is 2.46. The molecule has 1 aromatic rings.